The summed E-state index contributed by atoms with van der Waals surface area (Å²) < 4.78 is 5.91. The number of benzene rings is 2. The zero-order valence-electron chi connectivity index (χ0n) is 10.6. The van der Waals surface area contributed by atoms with E-state index in [-0.39, 0.29) is 5.91 Å². The molecule has 0 bridgehead atoms. The number of carbonyl (C=O) groups excluding carboxylic acids is 1. The summed E-state index contributed by atoms with van der Waals surface area (Å²) in [6.45, 7) is 0. The van der Waals surface area contributed by atoms with Crippen LogP contribution in [0.25, 0.3) is 0 Å². The summed E-state index contributed by atoms with van der Waals surface area (Å²) >= 11 is 9.31. The van der Waals surface area contributed by atoms with Gasteiger partial charge in [-0.15, -0.1) is 0 Å². The molecule has 0 saturated heterocycles. The highest BCUT2D eigenvalue weighted by Gasteiger charge is 2.13. The van der Waals surface area contributed by atoms with Gasteiger partial charge in [-0.25, -0.2) is 0 Å². The van der Waals surface area contributed by atoms with Gasteiger partial charge in [-0.2, -0.15) is 0 Å². The van der Waals surface area contributed by atoms with Gasteiger partial charge in [-0.05, 0) is 46.3 Å². The smallest absolute Gasteiger partial charge is 0.255 e. The Morgan fingerprint density at radius 1 is 1.35 bits per heavy atom. The lowest BCUT2D eigenvalue weighted by Crippen LogP contribution is -2.13. The number of anilines is 2. The summed E-state index contributed by atoms with van der Waals surface area (Å²) in [5.41, 5.74) is 7.13. The average Bonchev–Trinajstić information content (AvgIpc) is 2.38. The van der Waals surface area contributed by atoms with Crippen molar-refractivity contribution in [2.75, 3.05) is 18.2 Å². The highest BCUT2D eigenvalue weighted by atomic mass is 79.9. The quantitative estimate of drug-likeness (QED) is 0.820. The molecule has 0 unspecified atom stereocenters. The number of nitrogens with two attached hydrogens (primary N) is 1. The van der Waals surface area contributed by atoms with Crippen LogP contribution >= 0.6 is 27.5 Å². The Labute approximate surface area is 130 Å². The molecule has 0 aliphatic heterocycles. The Bertz CT molecular complexity index is 662. The summed E-state index contributed by atoms with van der Waals surface area (Å²) in [6, 6.07) is 10.0. The molecule has 2 aromatic carbocycles. The second-order valence-electron chi connectivity index (χ2n) is 4.05. The standard InChI is InChI=1S/C14H12BrClN2O2/c1-20-13-11(15)6-9(16)7-12(13)18-14(19)8-3-2-4-10(17)5-8/h2-7H,17H2,1H3,(H,18,19). The first kappa shape index (κ1) is 14.7. The molecule has 2 aromatic rings. The molecule has 0 spiro atoms. The minimum atomic E-state index is -0.287. The van der Waals surface area contributed by atoms with Crippen LogP contribution in [-0.4, -0.2) is 13.0 Å². The van der Waals surface area contributed by atoms with Crippen molar-refractivity contribution in [3.63, 3.8) is 0 Å². The molecule has 0 aliphatic rings. The number of nitrogens with one attached hydrogen (secondary N) is 1. The van der Waals surface area contributed by atoms with Crippen LogP contribution in [0.2, 0.25) is 5.02 Å². The van der Waals surface area contributed by atoms with Gasteiger partial charge in [0, 0.05) is 16.3 Å². The molecule has 2 rings (SSSR count). The van der Waals surface area contributed by atoms with Crippen LogP contribution in [0.1, 0.15) is 10.4 Å². The summed E-state index contributed by atoms with van der Waals surface area (Å²) in [4.78, 5) is 12.2. The van der Waals surface area contributed by atoms with Gasteiger partial charge >= 0.3 is 0 Å². The fourth-order valence-corrected chi connectivity index (χ4v) is 2.71. The van der Waals surface area contributed by atoms with E-state index < -0.39 is 0 Å². The largest absolute Gasteiger partial charge is 0.493 e. The van der Waals surface area contributed by atoms with Crippen molar-refractivity contribution in [1.29, 1.82) is 0 Å². The van der Waals surface area contributed by atoms with Crippen LogP contribution in [0.3, 0.4) is 0 Å². The van der Waals surface area contributed by atoms with E-state index in [1.807, 2.05) is 0 Å². The van der Waals surface area contributed by atoms with Crippen molar-refractivity contribution in [3.8, 4) is 5.75 Å². The third-order valence-corrected chi connectivity index (χ3v) is 3.42. The van der Waals surface area contributed by atoms with Gasteiger partial charge in [0.2, 0.25) is 0 Å². The second kappa shape index (κ2) is 6.15. The van der Waals surface area contributed by atoms with E-state index >= 15 is 0 Å². The number of carbonyl (C=O) groups is 1. The first-order chi connectivity index (χ1) is 9.51. The van der Waals surface area contributed by atoms with E-state index in [9.17, 15) is 4.79 Å². The maximum atomic E-state index is 12.2. The molecular weight excluding hydrogens is 344 g/mol. The number of halogens is 2. The molecule has 0 radical (unpaired) electrons. The lowest BCUT2D eigenvalue weighted by atomic mass is 10.2. The SMILES string of the molecule is COc1c(Br)cc(Cl)cc1NC(=O)c1cccc(N)c1. The topological polar surface area (TPSA) is 64.3 Å². The highest BCUT2D eigenvalue weighted by Crippen LogP contribution is 2.36. The number of nitrogen functional groups attached to an aromatic ring is 1. The normalized spacial score (nSPS) is 10.2. The third kappa shape index (κ3) is 3.23. The summed E-state index contributed by atoms with van der Waals surface area (Å²) in [7, 11) is 1.52. The Morgan fingerprint density at radius 2 is 2.10 bits per heavy atom. The predicted octanol–water partition coefficient (Wildman–Crippen LogP) is 3.95. The molecule has 0 fully saturated rings. The number of rotatable bonds is 3. The number of amides is 1. The number of hydrogen-bond donors (Lipinski definition) is 2. The number of ether oxygens (including phenoxy) is 1. The van der Waals surface area contributed by atoms with Crippen LogP contribution in [0.15, 0.2) is 40.9 Å². The van der Waals surface area contributed by atoms with Crippen molar-refractivity contribution in [1.82, 2.24) is 0 Å². The molecule has 1 amide bonds. The lowest BCUT2D eigenvalue weighted by molar-refractivity contribution is 0.102. The minimum absolute atomic E-state index is 0.287. The zero-order chi connectivity index (χ0) is 14.7. The van der Waals surface area contributed by atoms with Crippen molar-refractivity contribution < 1.29 is 9.53 Å². The number of hydrogen-bond acceptors (Lipinski definition) is 3. The maximum Gasteiger partial charge on any atom is 0.255 e. The third-order valence-electron chi connectivity index (χ3n) is 2.61. The Balaban J connectivity index is 2.32. The van der Waals surface area contributed by atoms with Crippen molar-refractivity contribution in [3.05, 3.63) is 51.5 Å². The molecule has 6 heteroatoms. The van der Waals surface area contributed by atoms with Crippen LogP contribution in [0.4, 0.5) is 11.4 Å². The van der Waals surface area contributed by atoms with E-state index in [1.54, 1.807) is 36.4 Å². The van der Waals surface area contributed by atoms with Gasteiger partial charge in [0.25, 0.3) is 5.91 Å². The van der Waals surface area contributed by atoms with Crippen LogP contribution in [-0.2, 0) is 0 Å². The first-order valence-corrected chi connectivity index (χ1v) is 6.88. The van der Waals surface area contributed by atoms with E-state index in [2.05, 4.69) is 21.2 Å². The predicted molar refractivity (Wildman–Crippen MR) is 84.5 cm³/mol. The molecule has 0 atom stereocenters. The summed E-state index contributed by atoms with van der Waals surface area (Å²) in [5, 5.41) is 3.24. The minimum Gasteiger partial charge on any atom is -0.493 e. The van der Waals surface area contributed by atoms with Crippen LogP contribution in [0, 0.1) is 0 Å². The Hall–Kier alpha value is -1.72. The lowest BCUT2D eigenvalue weighted by Gasteiger charge is -2.12. The molecule has 0 aliphatic carbocycles. The molecule has 4 nitrogen and oxygen atoms in total. The zero-order valence-corrected chi connectivity index (χ0v) is 13.0. The van der Waals surface area contributed by atoms with Crippen molar-refractivity contribution >= 4 is 44.8 Å². The molecule has 0 saturated carbocycles. The first-order valence-electron chi connectivity index (χ1n) is 5.71. The van der Waals surface area contributed by atoms with Gasteiger partial charge in [0.15, 0.2) is 5.75 Å². The van der Waals surface area contributed by atoms with E-state index in [4.69, 9.17) is 22.1 Å². The van der Waals surface area contributed by atoms with Crippen LogP contribution < -0.4 is 15.8 Å². The van der Waals surface area contributed by atoms with Gasteiger partial charge in [0.1, 0.15) is 0 Å². The maximum absolute atomic E-state index is 12.2. The van der Waals surface area contributed by atoms with Gasteiger partial charge in [-0.1, -0.05) is 17.7 Å². The van der Waals surface area contributed by atoms with Crippen LogP contribution in [0.5, 0.6) is 5.75 Å². The summed E-state index contributed by atoms with van der Waals surface area (Å²) in [5.74, 6) is 0.219. The summed E-state index contributed by atoms with van der Waals surface area (Å²) in [6.07, 6.45) is 0. The molecular formula is C14H12BrClN2O2. The molecule has 0 heterocycles. The highest BCUT2D eigenvalue weighted by molar-refractivity contribution is 9.10. The molecule has 3 N–H and O–H groups in total. The fraction of sp³-hybridized carbons (Fsp3) is 0.0714. The van der Waals surface area contributed by atoms with Gasteiger partial charge in [0.05, 0.1) is 17.3 Å². The van der Waals surface area contributed by atoms with Gasteiger partial charge in [-0.3, -0.25) is 4.79 Å². The van der Waals surface area contributed by atoms with E-state index in [0.29, 0.717) is 32.2 Å². The Morgan fingerprint density at radius 3 is 2.75 bits per heavy atom. The van der Waals surface area contributed by atoms with Crippen molar-refractivity contribution in [2.24, 2.45) is 0 Å². The molecule has 20 heavy (non-hydrogen) atoms. The average molecular weight is 356 g/mol. The Kier molecular flexibility index (Phi) is 4.52. The molecule has 0 aromatic heterocycles. The van der Waals surface area contributed by atoms with E-state index in [1.165, 1.54) is 7.11 Å². The fourth-order valence-electron chi connectivity index (χ4n) is 1.74. The van der Waals surface area contributed by atoms with E-state index in [0.717, 1.165) is 0 Å². The van der Waals surface area contributed by atoms with Crippen molar-refractivity contribution in [2.45, 2.75) is 0 Å². The monoisotopic (exact) mass is 354 g/mol. The second-order valence-corrected chi connectivity index (χ2v) is 5.34. The molecule has 104 valence electrons. The number of methoxy groups -OCH3 is 1. The van der Waals surface area contributed by atoms with Gasteiger partial charge < -0.3 is 15.8 Å².